The number of nitrogens with zero attached hydrogens (tertiary/aromatic N) is 1. The molecule has 0 saturated carbocycles. The van der Waals surface area contributed by atoms with E-state index in [1.54, 1.807) is 0 Å². The molecule has 17 heavy (non-hydrogen) atoms. The van der Waals surface area contributed by atoms with Gasteiger partial charge in [0.15, 0.2) is 0 Å². The van der Waals surface area contributed by atoms with Gasteiger partial charge in [-0.3, -0.25) is 4.90 Å². The standard InChI is InChI=1S/C12H17NO4/c1-12(2)8-16-6-4-13(12)7-10-9(11(14)15)3-5-17-10/h3,5H,4,6-8H2,1-2H3,(H,14,15). The predicted octanol–water partition coefficient (Wildman–Crippen LogP) is 1.59. The second kappa shape index (κ2) is 4.50. The fourth-order valence-corrected chi connectivity index (χ4v) is 2.01. The largest absolute Gasteiger partial charge is 0.478 e. The third-order valence-corrected chi connectivity index (χ3v) is 3.13. The lowest BCUT2D eigenvalue weighted by Crippen LogP contribution is -2.52. The smallest absolute Gasteiger partial charge is 0.339 e. The first-order valence-corrected chi connectivity index (χ1v) is 5.63. The molecule has 1 N–H and O–H groups in total. The number of carboxylic acids is 1. The summed E-state index contributed by atoms with van der Waals surface area (Å²) in [4.78, 5) is 13.2. The monoisotopic (exact) mass is 239 g/mol. The van der Waals surface area contributed by atoms with Gasteiger partial charge in [-0.2, -0.15) is 0 Å². The van der Waals surface area contributed by atoms with Crippen molar-refractivity contribution in [1.82, 2.24) is 4.90 Å². The van der Waals surface area contributed by atoms with Crippen LogP contribution >= 0.6 is 0 Å². The third kappa shape index (κ3) is 2.50. The summed E-state index contributed by atoms with van der Waals surface area (Å²) in [6.45, 7) is 6.77. The molecule has 1 saturated heterocycles. The summed E-state index contributed by atoms with van der Waals surface area (Å²) >= 11 is 0. The van der Waals surface area contributed by atoms with E-state index < -0.39 is 5.97 Å². The van der Waals surface area contributed by atoms with E-state index in [0.717, 1.165) is 6.54 Å². The highest BCUT2D eigenvalue weighted by Gasteiger charge is 2.32. The first-order chi connectivity index (χ1) is 8.00. The molecule has 2 rings (SSSR count). The number of ether oxygens (including phenoxy) is 1. The van der Waals surface area contributed by atoms with Crippen molar-refractivity contribution in [2.75, 3.05) is 19.8 Å². The second-order valence-corrected chi connectivity index (χ2v) is 4.85. The van der Waals surface area contributed by atoms with Crippen LogP contribution in [-0.4, -0.2) is 41.3 Å². The molecule has 0 spiro atoms. The van der Waals surface area contributed by atoms with Crippen LogP contribution < -0.4 is 0 Å². The molecule has 1 fully saturated rings. The first kappa shape index (κ1) is 12.1. The van der Waals surface area contributed by atoms with Crippen molar-refractivity contribution in [3.63, 3.8) is 0 Å². The van der Waals surface area contributed by atoms with Gasteiger partial charge in [-0.05, 0) is 19.9 Å². The third-order valence-electron chi connectivity index (χ3n) is 3.13. The molecule has 5 nitrogen and oxygen atoms in total. The van der Waals surface area contributed by atoms with E-state index in [2.05, 4.69) is 18.7 Å². The zero-order valence-electron chi connectivity index (χ0n) is 10.1. The number of aromatic carboxylic acids is 1. The van der Waals surface area contributed by atoms with Crippen LogP contribution in [0.2, 0.25) is 0 Å². The molecule has 1 aromatic heterocycles. The lowest BCUT2D eigenvalue weighted by Gasteiger charge is -2.41. The lowest BCUT2D eigenvalue weighted by molar-refractivity contribution is -0.0578. The SMILES string of the molecule is CC1(C)COCCN1Cc1occc1C(=O)O. The first-order valence-electron chi connectivity index (χ1n) is 5.63. The number of hydrogen-bond donors (Lipinski definition) is 1. The van der Waals surface area contributed by atoms with Crippen LogP contribution in [0, 0.1) is 0 Å². The molecule has 1 aliphatic rings. The van der Waals surface area contributed by atoms with Gasteiger partial charge in [-0.15, -0.1) is 0 Å². The highest BCUT2D eigenvalue weighted by Crippen LogP contribution is 2.23. The molecule has 1 aliphatic heterocycles. The van der Waals surface area contributed by atoms with Gasteiger partial charge in [-0.1, -0.05) is 0 Å². The average molecular weight is 239 g/mol. The summed E-state index contributed by atoms with van der Waals surface area (Å²) in [7, 11) is 0. The van der Waals surface area contributed by atoms with Gasteiger partial charge in [0.1, 0.15) is 11.3 Å². The maximum absolute atomic E-state index is 11.0. The molecular formula is C12H17NO4. The van der Waals surface area contributed by atoms with Gasteiger partial charge in [0.2, 0.25) is 0 Å². The topological polar surface area (TPSA) is 62.9 Å². The van der Waals surface area contributed by atoms with Crippen LogP contribution in [0.1, 0.15) is 30.0 Å². The maximum Gasteiger partial charge on any atom is 0.339 e. The molecular weight excluding hydrogens is 222 g/mol. The Bertz CT molecular complexity index is 410. The quantitative estimate of drug-likeness (QED) is 0.867. The Morgan fingerprint density at radius 1 is 1.59 bits per heavy atom. The van der Waals surface area contributed by atoms with E-state index in [9.17, 15) is 4.79 Å². The van der Waals surface area contributed by atoms with Crippen LogP contribution in [-0.2, 0) is 11.3 Å². The average Bonchev–Trinajstić information content (AvgIpc) is 2.69. The molecule has 0 atom stereocenters. The molecule has 0 unspecified atom stereocenters. The van der Waals surface area contributed by atoms with E-state index in [4.69, 9.17) is 14.3 Å². The van der Waals surface area contributed by atoms with Crippen LogP contribution in [0.15, 0.2) is 16.7 Å². The van der Waals surface area contributed by atoms with Crippen molar-refractivity contribution >= 4 is 5.97 Å². The van der Waals surface area contributed by atoms with Crippen molar-refractivity contribution in [2.24, 2.45) is 0 Å². The minimum absolute atomic E-state index is 0.0964. The summed E-state index contributed by atoms with van der Waals surface area (Å²) in [5.41, 5.74) is 0.146. The van der Waals surface area contributed by atoms with E-state index in [1.165, 1.54) is 12.3 Å². The summed E-state index contributed by atoms with van der Waals surface area (Å²) in [5, 5.41) is 9.01. The maximum atomic E-state index is 11.0. The van der Waals surface area contributed by atoms with Gasteiger partial charge < -0.3 is 14.3 Å². The minimum Gasteiger partial charge on any atom is -0.478 e. The van der Waals surface area contributed by atoms with Gasteiger partial charge >= 0.3 is 5.97 Å². The Morgan fingerprint density at radius 3 is 3.00 bits per heavy atom. The summed E-state index contributed by atoms with van der Waals surface area (Å²) in [6, 6.07) is 1.49. The number of hydrogen-bond acceptors (Lipinski definition) is 4. The molecule has 0 aromatic carbocycles. The highest BCUT2D eigenvalue weighted by atomic mass is 16.5. The number of rotatable bonds is 3. The molecule has 0 bridgehead atoms. The summed E-state index contributed by atoms with van der Waals surface area (Å²) in [6.07, 6.45) is 1.42. The van der Waals surface area contributed by atoms with Crippen LogP contribution in [0.25, 0.3) is 0 Å². The van der Waals surface area contributed by atoms with E-state index >= 15 is 0 Å². The van der Waals surface area contributed by atoms with Crippen molar-refractivity contribution in [3.8, 4) is 0 Å². The second-order valence-electron chi connectivity index (χ2n) is 4.85. The summed E-state index contributed by atoms with van der Waals surface area (Å²) in [5.74, 6) is -0.438. The van der Waals surface area contributed by atoms with Crippen molar-refractivity contribution < 1.29 is 19.1 Å². The van der Waals surface area contributed by atoms with Crippen LogP contribution in [0.3, 0.4) is 0 Å². The fraction of sp³-hybridized carbons (Fsp3) is 0.583. The Balaban J connectivity index is 2.14. The number of furan rings is 1. The number of carbonyl (C=O) groups is 1. The minimum atomic E-state index is -0.945. The number of carboxylic acid groups (broad SMARTS) is 1. The van der Waals surface area contributed by atoms with Gasteiger partial charge in [-0.25, -0.2) is 4.79 Å². The van der Waals surface area contributed by atoms with Gasteiger partial charge in [0.25, 0.3) is 0 Å². The van der Waals surface area contributed by atoms with E-state index in [-0.39, 0.29) is 11.1 Å². The lowest BCUT2D eigenvalue weighted by atomic mass is 10.0. The Kier molecular flexibility index (Phi) is 3.22. The van der Waals surface area contributed by atoms with Gasteiger partial charge in [0.05, 0.1) is 26.0 Å². The van der Waals surface area contributed by atoms with Gasteiger partial charge in [0, 0.05) is 12.1 Å². The molecule has 0 amide bonds. The van der Waals surface area contributed by atoms with E-state index in [0.29, 0.717) is 25.5 Å². The molecule has 0 radical (unpaired) electrons. The molecule has 94 valence electrons. The summed E-state index contributed by atoms with van der Waals surface area (Å²) < 4.78 is 10.7. The Hall–Kier alpha value is -1.33. The zero-order valence-corrected chi connectivity index (χ0v) is 10.1. The van der Waals surface area contributed by atoms with Crippen molar-refractivity contribution in [3.05, 3.63) is 23.7 Å². The highest BCUT2D eigenvalue weighted by molar-refractivity contribution is 5.88. The molecule has 0 aliphatic carbocycles. The molecule has 5 heteroatoms. The Morgan fingerprint density at radius 2 is 2.35 bits per heavy atom. The Labute approximate surface area is 100.0 Å². The molecule has 1 aromatic rings. The zero-order chi connectivity index (χ0) is 12.5. The fourth-order valence-electron chi connectivity index (χ4n) is 2.01. The van der Waals surface area contributed by atoms with Crippen molar-refractivity contribution in [2.45, 2.75) is 25.9 Å². The van der Waals surface area contributed by atoms with Crippen LogP contribution in [0.4, 0.5) is 0 Å². The number of morpholine rings is 1. The molecule has 2 heterocycles. The normalized spacial score (nSPS) is 20.4. The predicted molar refractivity (Wildman–Crippen MR) is 61.0 cm³/mol. The van der Waals surface area contributed by atoms with Crippen LogP contribution in [0.5, 0.6) is 0 Å². The van der Waals surface area contributed by atoms with E-state index in [1.807, 2.05) is 0 Å². The van der Waals surface area contributed by atoms with Crippen molar-refractivity contribution in [1.29, 1.82) is 0 Å².